The number of aryl methyl sites for hydroxylation is 2. The summed E-state index contributed by atoms with van der Waals surface area (Å²) in [6.45, 7) is 11.8. The van der Waals surface area contributed by atoms with E-state index < -0.39 is 0 Å². The molecule has 0 fully saturated rings. The minimum atomic E-state index is 0.449. The van der Waals surface area contributed by atoms with Crippen LogP contribution < -0.4 is 5.32 Å². The molecule has 0 saturated heterocycles. The molecule has 0 aromatic carbocycles. The summed E-state index contributed by atoms with van der Waals surface area (Å²) in [5.41, 5.74) is 2.27. The van der Waals surface area contributed by atoms with Crippen LogP contribution in [0.3, 0.4) is 0 Å². The molecule has 0 aliphatic rings. The smallest absolute Gasteiger partial charge is 0.0739 e. The van der Waals surface area contributed by atoms with Crippen molar-refractivity contribution in [1.82, 2.24) is 15.1 Å². The lowest BCUT2D eigenvalue weighted by molar-refractivity contribution is 0.518. The second-order valence-electron chi connectivity index (χ2n) is 3.97. The Balaban J connectivity index is 2.68. The zero-order valence-electron chi connectivity index (χ0n) is 10.3. The van der Waals surface area contributed by atoms with Gasteiger partial charge in [-0.3, -0.25) is 4.68 Å². The molecule has 1 atom stereocenters. The van der Waals surface area contributed by atoms with Crippen LogP contribution in [0.15, 0.2) is 17.1 Å². The van der Waals surface area contributed by atoms with Crippen molar-refractivity contribution in [2.24, 2.45) is 0 Å². The predicted octanol–water partition coefficient (Wildman–Crippen LogP) is 3.03. The third kappa shape index (κ3) is 3.19. The summed E-state index contributed by atoms with van der Waals surface area (Å²) in [7, 11) is 0. The zero-order valence-corrected chi connectivity index (χ0v) is 11.8. The Bertz CT molecular complexity index is 357. The highest BCUT2D eigenvalue weighted by Gasteiger charge is 2.12. The minimum Gasteiger partial charge on any atom is -0.308 e. The monoisotopic (exact) mass is 285 g/mol. The summed E-state index contributed by atoms with van der Waals surface area (Å²) in [6, 6.07) is 0.449. The van der Waals surface area contributed by atoms with E-state index in [0.717, 1.165) is 29.7 Å². The molecule has 4 heteroatoms. The number of nitrogens with one attached hydrogen (secondary N) is 1. The fraction of sp³-hybridized carbons (Fsp3) is 0.583. The van der Waals surface area contributed by atoms with E-state index in [1.54, 1.807) is 0 Å². The highest BCUT2D eigenvalue weighted by atomic mass is 79.9. The van der Waals surface area contributed by atoms with Gasteiger partial charge in [0.2, 0.25) is 0 Å². The summed E-state index contributed by atoms with van der Waals surface area (Å²) in [5, 5.41) is 7.93. The average Bonchev–Trinajstić information content (AvgIpc) is 2.53. The largest absolute Gasteiger partial charge is 0.308 e. The van der Waals surface area contributed by atoms with Gasteiger partial charge in [0, 0.05) is 19.1 Å². The topological polar surface area (TPSA) is 29.9 Å². The molecule has 0 amide bonds. The third-order valence-corrected chi connectivity index (χ3v) is 3.62. The van der Waals surface area contributed by atoms with E-state index in [4.69, 9.17) is 0 Å². The Morgan fingerprint density at radius 2 is 2.31 bits per heavy atom. The molecule has 0 bridgehead atoms. The predicted molar refractivity (Wildman–Crippen MR) is 71.5 cm³/mol. The molecular formula is C12H20BrN3. The molecule has 1 unspecified atom stereocenters. The van der Waals surface area contributed by atoms with Gasteiger partial charge >= 0.3 is 0 Å². The van der Waals surface area contributed by atoms with Gasteiger partial charge in [0.05, 0.1) is 15.9 Å². The molecule has 90 valence electrons. The van der Waals surface area contributed by atoms with Gasteiger partial charge in [-0.25, -0.2) is 0 Å². The highest BCUT2D eigenvalue weighted by molar-refractivity contribution is 9.10. The first-order valence-electron chi connectivity index (χ1n) is 5.66. The number of rotatable bonds is 6. The van der Waals surface area contributed by atoms with E-state index in [1.807, 2.05) is 17.7 Å². The molecule has 0 aliphatic heterocycles. The lowest BCUT2D eigenvalue weighted by Gasteiger charge is -2.12. The van der Waals surface area contributed by atoms with Crippen LogP contribution in [0.2, 0.25) is 0 Å². The maximum atomic E-state index is 4.46. The van der Waals surface area contributed by atoms with E-state index in [0.29, 0.717) is 6.04 Å². The molecule has 0 spiro atoms. The fourth-order valence-corrected chi connectivity index (χ4v) is 2.07. The maximum Gasteiger partial charge on any atom is 0.0739 e. The molecule has 0 saturated carbocycles. The molecule has 0 radical (unpaired) electrons. The summed E-state index contributed by atoms with van der Waals surface area (Å²) in [6.07, 6.45) is 2.92. The Labute approximate surface area is 106 Å². The lowest BCUT2D eigenvalue weighted by atomic mass is 10.2. The average molecular weight is 286 g/mol. The van der Waals surface area contributed by atoms with Gasteiger partial charge in [0.1, 0.15) is 0 Å². The number of halogens is 1. The van der Waals surface area contributed by atoms with Crippen LogP contribution in [0.25, 0.3) is 0 Å². The second kappa shape index (κ2) is 6.21. The van der Waals surface area contributed by atoms with Gasteiger partial charge in [-0.15, -0.1) is 6.58 Å². The van der Waals surface area contributed by atoms with Crippen molar-refractivity contribution in [2.45, 2.75) is 46.3 Å². The molecule has 16 heavy (non-hydrogen) atoms. The van der Waals surface area contributed by atoms with Crippen LogP contribution in [0, 0.1) is 6.92 Å². The van der Waals surface area contributed by atoms with Crippen LogP contribution in [0.5, 0.6) is 0 Å². The number of hydrogen-bond acceptors (Lipinski definition) is 2. The number of nitrogens with zero attached hydrogens (tertiary/aromatic N) is 2. The first-order chi connectivity index (χ1) is 7.60. The first kappa shape index (κ1) is 13.5. The normalized spacial score (nSPS) is 12.8. The van der Waals surface area contributed by atoms with E-state index in [9.17, 15) is 0 Å². The quantitative estimate of drug-likeness (QED) is 0.815. The van der Waals surface area contributed by atoms with Crippen molar-refractivity contribution in [1.29, 1.82) is 0 Å². The Morgan fingerprint density at radius 1 is 1.62 bits per heavy atom. The van der Waals surface area contributed by atoms with Crippen LogP contribution in [-0.4, -0.2) is 15.8 Å². The molecule has 0 aliphatic carbocycles. The highest BCUT2D eigenvalue weighted by Crippen LogP contribution is 2.20. The van der Waals surface area contributed by atoms with Gasteiger partial charge < -0.3 is 5.32 Å². The van der Waals surface area contributed by atoms with Gasteiger partial charge in [-0.2, -0.15) is 5.10 Å². The van der Waals surface area contributed by atoms with Crippen LogP contribution in [0.4, 0.5) is 0 Å². The summed E-state index contributed by atoms with van der Waals surface area (Å²) in [5.74, 6) is 0. The van der Waals surface area contributed by atoms with Crippen LogP contribution in [-0.2, 0) is 13.1 Å². The van der Waals surface area contributed by atoms with Crippen LogP contribution >= 0.6 is 15.9 Å². The van der Waals surface area contributed by atoms with Crippen molar-refractivity contribution in [3.63, 3.8) is 0 Å². The van der Waals surface area contributed by atoms with Crippen LogP contribution in [0.1, 0.15) is 31.7 Å². The molecule has 1 rings (SSSR count). The summed E-state index contributed by atoms with van der Waals surface area (Å²) in [4.78, 5) is 0. The van der Waals surface area contributed by atoms with Crippen molar-refractivity contribution >= 4 is 15.9 Å². The van der Waals surface area contributed by atoms with E-state index >= 15 is 0 Å². The molecule has 1 N–H and O–H groups in total. The number of hydrogen-bond donors (Lipinski definition) is 1. The fourth-order valence-electron chi connectivity index (χ4n) is 1.64. The van der Waals surface area contributed by atoms with Gasteiger partial charge in [-0.05, 0) is 43.1 Å². The SMILES string of the molecule is C=CCC(C)NCc1c(Br)c(C)nn1CC. The molecular weight excluding hydrogens is 266 g/mol. The third-order valence-electron chi connectivity index (χ3n) is 2.59. The molecule has 1 heterocycles. The Kier molecular flexibility index (Phi) is 5.22. The first-order valence-corrected chi connectivity index (χ1v) is 6.45. The van der Waals surface area contributed by atoms with Crippen molar-refractivity contribution in [2.75, 3.05) is 0 Å². The number of aromatic nitrogens is 2. The maximum absolute atomic E-state index is 4.46. The zero-order chi connectivity index (χ0) is 12.1. The van der Waals surface area contributed by atoms with Gasteiger partial charge in [-0.1, -0.05) is 6.08 Å². The van der Waals surface area contributed by atoms with Gasteiger partial charge in [0.25, 0.3) is 0 Å². The van der Waals surface area contributed by atoms with Crippen molar-refractivity contribution in [3.05, 3.63) is 28.5 Å². The van der Waals surface area contributed by atoms with E-state index in [1.165, 1.54) is 5.69 Å². The molecule has 1 aromatic heterocycles. The second-order valence-corrected chi connectivity index (χ2v) is 4.76. The Hall–Kier alpha value is -0.610. The molecule has 1 aromatic rings. The van der Waals surface area contributed by atoms with Gasteiger partial charge in [0.15, 0.2) is 0 Å². The molecule has 3 nitrogen and oxygen atoms in total. The summed E-state index contributed by atoms with van der Waals surface area (Å²) < 4.78 is 3.15. The van der Waals surface area contributed by atoms with E-state index in [2.05, 4.69) is 46.8 Å². The minimum absolute atomic E-state index is 0.449. The van der Waals surface area contributed by atoms with Crippen molar-refractivity contribution in [3.8, 4) is 0 Å². The Morgan fingerprint density at radius 3 is 2.88 bits per heavy atom. The van der Waals surface area contributed by atoms with Crippen molar-refractivity contribution < 1.29 is 0 Å². The lowest BCUT2D eigenvalue weighted by Crippen LogP contribution is -2.26. The summed E-state index contributed by atoms with van der Waals surface area (Å²) >= 11 is 3.59. The standard InChI is InChI=1S/C12H20BrN3/c1-5-7-9(3)14-8-11-12(13)10(4)15-16(11)6-2/h5,9,14H,1,6-8H2,2-4H3. The van der Waals surface area contributed by atoms with E-state index in [-0.39, 0.29) is 0 Å².